The maximum absolute atomic E-state index is 11.9. The average Bonchev–Trinajstić information content (AvgIpc) is 2.07. The van der Waals surface area contributed by atoms with Gasteiger partial charge in [-0.15, -0.1) is 0 Å². The molecular weight excluding hydrogens is 209 g/mol. The first kappa shape index (κ1) is 9.46. The zero-order chi connectivity index (χ0) is 8.10. The zero-order valence-corrected chi connectivity index (χ0v) is 8.32. The van der Waals surface area contributed by atoms with Crippen LogP contribution in [0.1, 0.15) is 12.8 Å². The molecule has 1 aliphatic heterocycles. The molecule has 0 unspecified atom stereocenters. The number of likely N-dealkylation sites (tertiary alicyclic amines) is 1. The zero-order valence-electron chi connectivity index (χ0n) is 6.73. The lowest BCUT2D eigenvalue weighted by molar-refractivity contribution is 0.182. The molecule has 0 aromatic carbocycles. The van der Waals surface area contributed by atoms with Crippen LogP contribution in [0.15, 0.2) is 0 Å². The second-order valence-corrected chi connectivity index (χ2v) is 3.78. The second kappa shape index (κ2) is 5.09. The van der Waals surface area contributed by atoms with Crippen molar-refractivity contribution >= 4 is 15.9 Å². The number of rotatable bonds is 3. The van der Waals surface area contributed by atoms with Crippen molar-refractivity contribution in [2.24, 2.45) is 5.92 Å². The number of piperidine rings is 1. The minimum atomic E-state index is -0.195. The SMILES string of the molecule is FCCN1CCC(CBr)CC1. The molecule has 11 heavy (non-hydrogen) atoms. The van der Waals surface area contributed by atoms with E-state index >= 15 is 0 Å². The molecule has 1 heterocycles. The Labute approximate surface area is 76.1 Å². The predicted molar refractivity (Wildman–Crippen MR) is 48.9 cm³/mol. The van der Waals surface area contributed by atoms with E-state index in [-0.39, 0.29) is 6.67 Å². The van der Waals surface area contributed by atoms with E-state index in [0.29, 0.717) is 6.54 Å². The summed E-state index contributed by atoms with van der Waals surface area (Å²) in [7, 11) is 0. The second-order valence-electron chi connectivity index (χ2n) is 3.13. The monoisotopic (exact) mass is 223 g/mol. The van der Waals surface area contributed by atoms with Gasteiger partial charge in [-0.2, -0.15) is 0 Å². The fourth-order valence-electron chi connectivity index (χ4n) is 1.48. The lowest BCUT2D eigenvalue weighted by Gasteiger charge is -2.30. The highest BCUT2D eigenvalue weighted by molar-refractivity contribution is 9.09. The van der Waals surface area contributed by atoms with Gasteiger partial charge in [0.05, 0.1) is 0 Å². The Kier molecular flexibility index (Phi) is 4.38. The van der Waals surface area contributed by atoms with Crippen molar-refractivity contribution < 1.29 is 4.39 Å². The fraction of sp³-hybridized carbons (Fsp3) is 1.00. The highest BCUT2D eigenvalue weighted by Crippen LogP contribution is 2.18. The van der Waals surface area contributed by atoms with Gasteiger partial charge in [0.2, 0.25) is 0 Å². The van der Waals surface area contributed by atoms with Gasteiger partial charge < -0.3 is 4.90 Å². The molecule has 0 aliphatic carbocycles. The summed E-state index contributed by atoms with van der Waals surface area (Å²) in [4.78, 5) is 2.21. The van der Waals surface area contributed by atoms with Crippen LogP contribution in [0.5, 0.6) is 0 Å². The maximum Gasteiger partial charge on any atom is 0.102 e. The van der Waals surface area contributed by atoms with E-state index in [1.165, 1.54) is 12.8 Å². The summed E-state index contributed by atoms with van der Waals surface area (Å²) in [5, 5.41) is 1.11. The summed E-state index contributed by atoms with van der Waals surface area (Å²) in [5.41, 5.74) is 0. The van der Waals surface area contributed by atoms with Crippen molar-refractivity contribution in [3.63, 3.8) is 0 Å². The summed E-state index contributed by atoms with van der Waals surface area (Å²) < 4.78 is 11.9. The van der Waals surface area contributed by atoms with E-state index < -0.39 is 0 Å². The largest absolute Gasteiger partial charge is 0.301 e. The molecule has 1 saturated heterocycles. The third-order valence-electron chi connectivity index (χ3n) is 2.33. The molecule has 1 aliphatic rings. The molecule has 0 aromatic rings. The third-order valence-corrected chi connectivity index (χ3v) is 3.24. The molecule has 0 bridgehead atoms. The standard InChI is InChI=1S/C8H15BrFN/c9-7-8-1-4-11(5-2-8)6-3-10/h8H,1-7H2. The fourth-order valence-corrected chi connectivity index (χ4v) is 2.13. The van der Waals surface area contributed by atoms with E-state index in [2.05, 4.69) is 20.8 Å². The lowest BCUT2D eigenvalue weighted by atomic mass is 9.99. The maximum atomic E-state index is 11.9. The van der Waals surface area contributed by atoms with Gasteiger partial charge in [-0.1, -0.05) is 15.9 Å². The van der Waals surface area contributed by atoms with Gasteiger partial charge in [0, 0.05) is 11.9 Å². The Morgan fingerprint density at radius 2 is 2.00 bits per heavy atom. The topological polar surface area (TPSA) is 3.24 Å². The minimum Gasteiger partial charge on any atom is -0.301 e. The van der Waals surface area contributed by atoms with E-state index in [4.69, 9.17) is 0 Å². The van der Waals surface area contributed by atoms with Gasteiger partial charge in [0.25, 0.3) is 0 Å². The summed E-state index contributed by atoms with van der Waals surface area (Å²) in [5.74, 6) is 0.825. The van der Waals surface area contributed by atoms with Gasteiger partial charge in [-0.3, -0.25) is 0 Å². The molecule has 1 nitrogen and oxygen atoms in total. The number of hydrogen-bond acceptors (Lipinski definition) is 1. The quantitative estimate of drug-likeness (QED) is 0.663. The summed E-state index contributed by atoms with van der Waals surface area (Å²) in [6.45, 7) is 2.61. The molecule has 0 radical (unpaired) electrons. The van der Waals surface area contributed by atoms with Crippen LogP contribution in [0.4, 0.5) is 4.39 Å². The lowest BCUT2D eigenvalue weighted by Crippen LogP contribution is -2.35. The molecule has 1 rings (SSSR count). The summed E-state index contributed by atoms with van der Waals surface area (Å²) in [6.07, 6.45) is 2.45. The van der Waals surface area contributed by atoms with Gasteiger partial charge in [0.1, 0.15) is 6.67 Å². The van der Waals surface area contributed by atoms with Crippen LogP contribution in [0.25, 0.3) is 0 Å². The molecule has 0 aromatic heterocycles. The molecule has 66 valence electrons. The van der Waals surface area contributed by atoms with Crippen LogP contribution >= 0.6 is 15.9 Å². The van der Waals surface area contributed by atoms with Crippen LogP contribution in [0.3, 0.4) is 0 Å². The molecule has 0 N–H and O–H groups in total. The van der Waals surface area contributed by atoms with Crippen LogP contribution in [-0.4, -0.2) is 36.5 Å². The number of hydrogen-bond donors (Lipinski definition) is 0. The Morgan fingerprint density at radius 1 is 1.36 bits per heavy atom. The first-order valence-electron chi connectivity index (χ1n) is 4.21. The number of nitrogens with zero attached hydrogens (tertiary/aromatic N) is 1. The van der Waals surface area contributed by atoms with E-state index in [9.17, 15) is 4.39 Å². The smallest absolute Gasteiger partial charge is 0.102 e. The first-order valence-corrected chi connectivity index (χ1v) is 5.33. The third kappa shape index (κ3) is 3.08. The normalized spacial score (nSPS) is 22.4. The van der Waals surface area contributed by atoms with E-state index in [1.807, 2.05) is 0 Å². The van der Waals surface area contributed by atoms with Crippen LogP contribution in [0, 0.1) is 5.92 Å². The summed E-state index contributed by atoms with van der Waals surface area (Å²) in [6, 6.07) is 0. The highest BCUT2D eigenvalue weighted by atomic mass is 79.9. The minimum absolute atomic E-state index is 0.195. The van der Waals surface area contributed by atoms with Crippen molar-refractivity contribution in [1.82, 2.24) is 4.90 Å². The van der Waals surface area contributed by atoms with Crippen molar-refractivity contribution in [3.8, 4) is 0 Å². The molecule has 0 atom stereocenters. The number of alkyl halides is 2. The molecule has 0 spiro atoms. The van der Waals surface area contributed by atoms with Crippen LogP contribution in [-0.2, 0) is 0 Å². The van der Waals surface area contributed by atoms with Crippen LogP contribution < -0.4 is 0 Å². The van der Waals surface area contributed by atoms with Crippen molar-refractivity contribution in [3.05, 3.63) is 0 Å². The van der Waals surface area contributed by atoms with Gasteiger partial charge in [0.15, 0.2) is 0 Å². The van der Waals surface area contributed by atoms with Crippen molar-refractivity contribution in [2.45, 2.75) is 12.8 Å². The van der Waals surface area contributed by atoms with E-state index in [1.54, 1.807) is 0 Å². The first-order chi connectivity index (χ1) is 5.36. The average molecular weight is 224 g/mol. The van der Waals surface area contributed by atoms with Crippen molar-refractivity contribution in [2.75, 3.05) is 31.6 Å². The molecular formula is C8H15BrFN. The molecule has 3 heteroatoms. The molecule has 0 saturated carbocycles. The Morgan fingerprint density at radius 3 is 2.45 bits per heavy atom. The van der Waals surface area contributed by atoms with Gasteiger partial charge >= 0.3 is 0 Å². The Balaban J connectivity index is 2.14. The number of halogens is 2. The molecule has 0 amide bonds. The Bertz CT molecular complexity index is 102. The summed E-state index contributed by atoms with van der Waals surface area (Å²) >= 11 is 3.48. The predicted octanol–water partition coefficient (Wildman–Crippen LogP) is 2.06. The van der Waals surface area contributed by atoms with Gasteiger partial charge in [-0.05, 0) is 31.8 Å². The van der Waals surface area contributed by atoms with Gasteiger partial charge in [-0.25, -0.2) is 4.39 Å². The van der Waals surface area contributed by atoms with E-state index in [0.717, 1.165) is 24.3 Å². The Hall–Kier alpha value is 0.370. The van der Waals surface area contributed by atoms with Crippen molar-refractivity contribution in [1.29, 1.82) is 0 Å². The highest BCUT2D eigenvalue weighted by Gasteiger charge is 2.17. The molecule has 1 fully saturated rings. The van der Waals surface area contributed by atoms with Crippen LogP contribution in [0.2, 0.25) is 0 Å².